The maximum atomic E-state index is 11.9. The van der Waals surface area contributed by atoms with Crippen LogP contribution in [0.15, 0.2) is 41.0 Å². The van der Waals surface area contributed by atoms with Gasteiger partial charge in [-0.1, -0.05) is 44.2 Å². The van der Waals surface area contributed by atoms with E-state index in [-0.39, 0.29) is 13.0 Å². The van der Waals surface area contributed by atoms with Crippen molar-refractivity contribution in [3.63, 3.8) is 0 Å². The van der Waals surface area contributed by atoms with Gasteiger partial charge < -0.3 is 14.9 Å². The fourth-order valence-corrected chi connectivity index (χ4v) is 2.06. The van der Waals surface area contributed by atoms with Gasteiger partial charge in [0.1, 0.15) is 18.9 Å². The van der Waals surface area contributed by atoms with Crippen LogP contribution in [-0.4, -0.2) is 17.0 Å². The van der Waals surface area contributed by atoms with Crippen molar-refractivity contribution in [1.29, 1.82) is 0 Å². The molecule has 0 saturated carbocycles. The molecule has 5 heteroatoms. The molecule has 0 aliphatic carbocycles. The Labute approximate surface area is 130 Å². The average molecular weight is 302 g/mol. The molecule has 1 heterocycles. The molecule has 0 aliphatic rings. The number of carbonyl (C=O) groups is 1. The van der Waals surface area contributed by atoms with Crippen molar-refractivity contribution in [2.75, 3.05) is 0 Å². The first-order chi connectivity index (χ1) is 10.5. The van der Waals surface area contributed by atoms with Crippen molar-refractivity contribution in [1.82, 2.24) is 4.98 Å². The maximum absolute atomic E-state index is 11.9. The monoisotopic (exact) mass is 302 g/mol. The number of rotatable bonds is 7. The molecule has 1 unspecified atom stereocenters. The first-order valence-electron chi connectivity index (χ1n) is 7.44. The van der Waals surface area contributed by atoms with Crippen molar-refractivity contribution in [3.05, 3.63) is 53.7 Å². The summed E-state index contributed by atoms with van der Waals surface area (Å²) in [4.78, 5) is 16.2. The summed E-state index contributed by atoms with van der Waals surface area (Å²) in [5.74, 6) is 0.523. The quantitative estimate of drug-likeness (QED) is 0.795. The van der Waals surface area contributed by atoms with Crippen LogP contribution in [0, 0.1) is 5.92 Å². The number of oxazole rings is 1. The van der Waals surface area contributed by atoms with E-state index in [0.29, 0.717) is 11.8 Å². The fourth-order valence-electron chi connectivity index (χ4n) is 2.06. The summed E-state index contributed by atoms with van der Waals surface area (Å²) in [6, 6.07) is 8.72. The Morgan fingerprint density at radius 1 is 1.27 bits per heavy atom. The van der Waals surface area contributed by atoms with Gasteiger partial charge in [0.05, 0.1) is 12.1 Å². The molecule has 118 valence electrons. The average Bonchev–Trinajstić information content (AvgIpc) is 2.92. The zero-order chi connectivity index (χ0) is 15.9. The van der Waals surface area contributed by atoms with Crippen molar-refractivity contribution >= 4 is 5.97 Å². The smallest absolute Gasteiger partial charge is 0.323 e. The second kappa shape index (κ2) is 7.75. The molecular weight excluding hydrogens is 280 g/mol. The number of hydrogen-bond acceptors (Lipinski definition) is 5. The van der Waals surface area contributed by atoms with Gasteiger partial charge >= 0.3 is 5.97 Å². The van der Waals surface area contributed by atoms with Gasteiger partial charge in [-0.05, 0) is 17.9 Å². The van der Waals surface area contributed by atoms with E-state index in [1.54, 1.807) is 6.26 Å². The minimum Gasteiger partial charge on any atom is -0.460 e. The van der Waals surface area contributed by atoms with Crippen LogP contribution in [0.3, 0.4) is 0 Å². The largest absolute Gasteiger partial charge is 0.460 e. The number of aromatic nitrogens is 1. The molecule has 0 bridgehead atoms. The second-order valence-corrected chi connectivity index (χ2v) is 5.73. The van der Waals surface area contributed by atoms with E-state index in [1.165, 1.54) is 0 Å². The normalized spacial score (nSPS) is 12.4. The summed E-state index contributed by atoms with van der Waals surface area (Å²) < 4.78 is 10.6. The lowest BCUT2D eigenvalue weighted by molar-refractivity contribution is -0.146. The molecule has 1 aromatic carbocycles. The molecule has 5 nitrogen and oxygen atoms in total. The van der Waals surface area contributed by atoms with Gasteiger partial charge in [-0.2, -0.15) is 0 Å². The van der Waals surface area contributed by atoms with Gasteiger partial charge in [0.2, 0.25) is 0 Å². The van der Waals surface area contributed by atoms with Crippen LogP contribution >= 0.6 is 0 Å². The Bertz CT molecular complexity index is 593. The van der Waals surface area contributed by atoms with Crippen LogP contribution in [0.5, 0.6) is 0 Å². The third-order valence-corrected chi connectivity index (χ3v) is 3.14. The van der Waals surface area contributed by atoms with Gasteiger partial charge in [0.25, 0.3) is 0 Å². The lowest BCUT2D eigenvalue weighted by atomic mass is 10.1. The van der Waals surface area contributed by atoms with Gasteiger partial charge in [-0.3, -0.25) is 4.79 Å². The highest BCUT2D eigenvalue weighted by Gasteiger charge is 2.19. The highest BCUT2D eigenvalue weighted by Crippen LogP contribution is 2.10. The molecule has 0 fully saturated rings. The van der Waals surface area contributed by atoms with E-state index in [4.69, 9.17) is 14.9 Å². The summed E-state index contributed by atoms with van der Waals surface area (Å²) in [5.41, 5.74) is 7.66. The van der Waals surface area contributed by atoms with Crippen LogP contribution in [0.1, 0.15) is 31.0 Å². The third kappa shape index (κ3) is 5.00. The van der Waals surface area contributed by atoms with Crippen LogP contribution in [0.4, 0.5) is 0 Å². The van der Waals surface area contributed by atoms with E-state index in [9.17, 15) is 4.79 Å². The Morgan fingerprint density at radius 2 is 2.00 bits per heavy atom. The zero-order valence-electron chi connectivity index (χ0n) is 13.0. The Kier molecular flexibility index (Phi) is 5.72. The number of benzene rings is 1. The predicted molar refractivity (Wildman–Crippen MR) is 83.0 cm³/mol. The first kappa shape index (κ1) is 16.2. The summed E-state index contributed by atoms with van der Waals surface area (Å²) in [6.45, 7) is 4.44. The predicted octanol–water partition coefficient (Wildman–Crippen LogP) is 2.49. The zero-order valence-corrected chi connectivity index (χ0v) is 13.0. The van der Waals surface area contributed by atoms with E-state index in [1.807, 2.05) is 30.3 Å². The minimum absolute atomic E-state index is 0.220. The number of nitrogens with zero attached hydrogens (tertiary/aromatic N) is 1. The molecule has 2 N–H and O–H groups in total. The van der Waals surface area contributed by atoms with Gasteiger partial charge in [0.15, 0.2) is 5.89 Å². The topological polar surface area (TPSA) is 78.3 Å². The van der Waals surface area contributed by atoms with E-state index >= 15 is 0 Å². The number of esters is 1. The molecule has 2 rings (SSSR count). The summed E-state index contributed by atoms with van der Waals surface area (Å²) >= 11 is 0. The fraction of sp³-hybridized carbons (Fsp3) is 0.412. The second-order valence-electron chi connectivity index (χ2n) is 5.73. The maximum Gasteiger partial charge on any atom is 0.323 e. The highest BCUT2D eigenvalue weighted by molar-refractivity contribution is 5.75. The van der Waals surface area contributed by atoms with Crippen molar-refractivity contribution in [2.24, 2.45) is 11.7 Å². The number of carbonyl (C=O) groups excluding carboxylic acids is 1. The van der Waals surface area contributed by atoms with Crippen LogP contribution in [0.2, 0.25) is 0 Å². The third-order valence-electron chi connectivity index (χ3n) is 3.14. The molecular formula is C17H22N2O3. The number of nitrogens with two attached hydrogens (primary N) is 1. The minimum atomic E-state index is -0.769. The molecule has 1 aromatic heterocycles. The van der Waals surface area contributed by atoms with Gasteiger partial charge in [-0.25, -0.2) is 4.98 Å². The molecule has 0 radical (unpaired) electrons. The summed E-state index contributed by atoms with van der Waals surface area (Å²) in [5, 5.41) is 0. The van der Waals surface area contributed by atoms with Crippen molar-refractivity contribution < 1.29 is 13.9 Å². The number of ether oxygens (including phenoxy) is 1. The first-order valence-corrected chi connectivity index (χ1v) is 7.44. The molecule has 0 saturated heterocycles. The number of hydrogen-bond donors (Lipinski definition) is 1. The molecule has 22 heavy (non-hydrogen) atoms. The Morgan fingerprint density at radius 3 is 2.68 bits per heavy atom. The lowest BCUT2D eigenvalue weighted by Gasteiger charge is -2.09. The standard InChI is InChI=1S/C17H22N2O3/c1-12(2)8-14-11-21-16(19-14)9-15(18)17(20)22-10-13-6-4-3-5-7-13/h3-7,11-12,15H,8-10,18H2,1-2H3. The summed E-state index contributed by atoms with van der Waals surface area (Å²) in [6.07, 6.45) is 2.71. The molecule has 2 aromatic rings. The van der Waals surface area contributed by atoms with Gasteiger partial charge in [0, 0.05) is 0 Å². The summed E-state index contributed by atoms with van der Waals surface area (Å²) in [7, 11) is 0. The van der Waals surface area contributed by atoms with Crippen molar-refractivity contribution in [3.8, 4) is 0 Å². The Balaban J connectivity index is 1.82. The lowest BCUT2D eigenvalue weighted by Crippen LogP contribution is -2.34. The Hall–Kier alpha value is -2.14. The molecule has 0 spiro atoms. The van der Waals surface area contributed by atoms with E-state index in [0.717, 1.165) is 17.7 Å². The SMILES string of the molecule is CC(C)Cc1coc(CC(N)C(=O)OCc2ccccc2)n1. The molecule has 0 amide bonds. The van der Waals surface area contributed by atoms with Crippen LogP contribution in [0.25, 0.3) is 0 Å². The molecule has 1 atom stereocenters. The van der Waals surface area contributed by atoms with Gasteiger partial charge in [-0.15, -0.1) is 0 Å². The highest BCUT2D eigenvalue weighted by atomic mass is 16.5. The van der Waals surface area contributed by atoms with Crippen molar-refractivity contribution in [2.45, 2.75) is 39.3 Å². The van der Waals surface area contributed by atoms with Crippen LogP contribution < -0.4 is 5.73 Å². The van der Waals surface area contributed by atoms with Crippen LogP contribution in [-0.2, 0) is 29.0 Å². The van der Waals surface area contributed by atoms with E-state index in [2.05, 4.69) is 18.8 Å². The molecule has 0 aliphatic heterocycles. The van der Waals surface area contributed by atoms with E-state index < -0.39 is 12.0 Å².